The summed E-state index contributed by atoms with van der Waals surface area (Å²) in [5, 5.41) is 0.451. The number of hydrogen-bond donors (Lipinski definition) is 0. The highest BCUT2D eigenvalue weighted by atomic mass is 28.2. The minimum atomic E-state index is -1.42. The molecule has 0 fully saturated rings. The highest BCUT2D eigenvalue weighted by Gasteiger charge is 1.92. The molecule has 0 aliphatic carbocycles. The lowest BCUT2D eigenvalue weighted by Gasteiger charge is -1.97. The summed E-state index contributed by atoms with van der Waals surface area (Å²) >= 11 is 0. The van der Waals surface area contributed by atoms with Gasteiger partial charge in [0.25, 0.3) is 9.76 Å². The lowest BCUT2D eigenvalue weighted by Crippen LogP contribution is -1.95. The zero-order chi connectivity index (χ0) is 6.41. The molecule has 4 heteroatoms. The third kappa shape index (κ3) is 2.65. The molecule has 0 atom stereocenters. The summed E-state index contributed by atoms with van der Waals surface area (Å²) in [4.78, 5) is 10.1. The number of rotatable bonds is 3. The molecule has 0 heterocycles. The molecule has 0 saturated carbocycles. The molecule has 0 amide bonds. The van der Waals surface area contributed by atoms with E-state index in [9.17, 15) is 4.80 Å². The van der Waals surface area contributed by atoms with Crippen molar-refractivity contribution in [2.24, 2.45) is 0 Å². The monoisotopic (exact) mass is 133 g/mol. The molecule has 0 unspecified atom stereocenters. The van der Waals surface area contributed by atoms with Crippen molar-refractivity contribution < 1.29 is 14.3 Å². The van der Waals surface area contributed by atoms with E-state index < -0.39 is 9.76 Å². The van der Waals surface area contributed by atoms with Crippen molar-refractivity contribution in [3.63, 3.8) is 0 Å². The molecule has 0 aliphatic heterocycles. The van der Waals surface area contributed by atoms with Crippen molar-refractivity contribution in [2.75, 3.05) is 14.2 Å². The Labute approximate surface area is 50.9 Å². The van der Waals surface area contributed by atoms with Crippen molar-refractivity contribution in [3.8, 4) is 0 Å². The maximum Gasteiger partial charge on any atom is 0.281 e. The van der Waals surface area contributed by atoms with Gasteiger partial charge >= 0.3 is 0 Å². The Bertz CT molecular complexity index is 75.4. The molecular formula is C4H9O3Si. The van der Waals surface area contributed by atoms with Crippen LogP contribution in [0.2, 0.25) is 0 Å². The first kappa shape index (κ1) is 7.52. The van der Waals surface area contributed by atoms with Gasteiger partial charge in [-0.25, -0.2) is 0 Å². The van der Waals surface area contributed by atoms with Crippen LogP contribution >= 0.6 is 0 Å². The van der Waals surface area contributed by atoms with Gasteiger partial charge < -0.3 is 9.47 Å². The van der Waals surface area contributed by atoms with Gasteiger partial charge in [0.1, 0.15) is 11.6 Å². The quantitative estimate of drug-likeness (QED) is 0.388. The van der Waals surface area contributed by atoms with E-state index in [0.29, 0.717) is 5.38 Å². The first-order valence-electron chi connectivity index (χ1n) is 2.19. The fraction of sp³-hybridized carbons (Fsp3) is 0.500. The summed E-state index contributed by atoms with van der Waals surface area (Å²) in [6.07, 6.45) is 1.35. The maximum absolute atomic E-state index is 10.1. The normalized spacial score (nSPS) is 12.6. The van der Waals surface area contributed by atoms with Crippen LogP contribution in [-0.2, 0) is 14.3 Å². The highest BCUT2D eigenvalue weighted by molar-refractivity contribution is 6.34. The van der Waals surface area contributed by atoms with Crippen LogP contribution in [0.5, 0.6) is 0 Å². The second kappa shape index (κ2) is 4.67. The van der Waals surface area contributed by atoms with Crippen LogP contribution in [0.1, 0.15) is 0 Å². The van der Waals surface area contributed by atoms with Crippen molar-refractivity contribution in [2.45, 2.75) is 0 Å². The smallest absolute Gasteiger partial charge is 0.281 e. The maximum atomic E-state index is 10.1. The van der Waals surface area contributed by atoms with Crippen LogP contribution < -0.4 is 0 Å². The van der Waals surface area contributed by atoms with Crippen molar-refractivity contribution >= 4 is 9.76 Å². The van der Waals surface area contributed by atoms with Gasteiger partial charge in [-0.3, -0.25) is 4.80 Å². The molecule has 0 rings (SSSR count). The van der Waals surface area contributed by atoms with Crippen LogP contribution in [0, 0.1) is 0 Å². The first-order valence-corrected chi connectivity index (χ1v) is 3.47. The molecule has 0 N–H and O–H groups in total. The van der Waals surface area contributed by atoms with Gasteiger partial charge in [0.2, 0.25) is 0 Å². The first-order chi connectivity index (χ1) is 3.85. The topological polar surface area (TPSA) is 38.4 Å². The van der Waals surface area contributed by atoms with Crippen LogP contribution in [0.25, 0.3) is 0 Å². The average molecular weight is 133 g/mol. The van der Waals surface area contributed by atoms with Crippen molar-refractivity contribution in [1.29, 1.82) is 0 Å². The standard InChI is InChI=1S/C4H9O3Si/c1-6-3-4(7-2)8-5/h3H,8H2,1-2H3. The van der Waals surface area contributed by atoms with Crippen LogP contribution in [0.3, 0.4) is 0 Å². The summed E-state index contributed by atoms with van der Waals surface area (Å²) in [6.45, 7) is 0. The van der Waals surface area contributed by atoms with Gasteiger partial charge in [0.05, 0.1) is 14.2 Å². The van der Waals surface area contributed by atoms with E-state index in [1.165, 1.54) is 20.5 Å². The predicted molar refractivity (Wildman–Crippen MR) is 31.3 cm³/mol. The lowest BCUT2D eigenvalue weighted by molar-refractivity contribution is 0.262. The molecule has 3 nitrogen and oxygen atoms in total. The highest BCUT2D eigenvalue weighted by Crippen LogP contribution is 1.88. The third-order valence-corrected chi connectivity index (χ3v) is 1.39. The Morgan fingerprint density at radius 1 is 1.62 bits per heavy atom. The molecule has 8 heavy (non-hydrogen) atoms. The van der Waals surface area contributed by atoms with E-state index >= 15 is 0 Å². The summed E-state index contributed by atoms with van der Waals surface area (Å²) in [5.41, 5.74) is 0. The summed E-state index contributed by atoms with van der Waals surface area (Å²) in [5.74, 6) is 0. The SMILES string of the molecule is COC=C(OC)[SiH2][O]. The third-order valence-electron chi connectivity index (χ3n) is 0.654. The van der Waals surface area contributed by atoms with Crippen LogP contribution in [0.4, 0.5) is 0 Å². The van der Waals surface area contributed by atoms with E-state index in [4.69, 9.17) is 0 Å². The van der Waals surface area contributed by atoms with Gasteiger partial charge in [0.15, 0.2) is 0 Å². The summed E-state index contributed by atoms with van der Waals surface area (Å²) in [6, 6.07) is 0. The molecule has 0 aromatic carbocycles. The molecule has 1 radical (unpaired) electrons. The van der Waals surface area contributed by atoms with Crippen molar-refractivity contribution in [3.05, 3.63) is 11.6 Å². The molecule has 0 saturated heterocycles. The second-order valence-corrected chi connectivity index (χ2v) is 2.15. The number of hydrogen-bond acceptors (Lipinski definition) is 2. The van der Waals surface area contributed by atoms with E-state index in [-0.39, 0.29) is 0 Å². The zero-order valence-electron chi connectivity index (χ0n) is 5.01. The Morgan fingerprint density at radius 2 is 2.25 bits per heavy atom. The second-order valence-electron chi connectivity index (χ2n) is 1.17. The molecule has 0 aliphatic rings. The molecule has 0 aromatic heterocycles. The average Bonchev–Trinajstić information content (AvgIpc) is 1.83. The van der Waals surface area contributed by atoms with Crippen LogP contribution in [-0.4, -0.2) is 24.0 Å². The van der Waals surface area contributed by atoms with Gasteiger partial charge in [0, 0.05) is 0 Å². The fourth-order valence-corrected chi connectivity index (χ4v) is 0.625. The number of ether oxygens (including phenoxy) is 2. The molecule has 47 valence electrons. The Morgan fingerprint density at radius 3 is 2.38 bits per heavy atom. The largest absolute Gasteiger partial charge is 0.501 e. The van der Waals surface area contributed by atoms with Crippen LogP contribution in [0.15, 0.2) is 11.6 Å². The Hall–Kier alpha value is -0.483. The van der Waals surface area contributed by atoms with Gasteiger partial charge in [-0.1, -0.05) is 0 Å². The predicted octanol–water partition coefficient (Wildman–Crippen LogP) is -0.408. The van der Waals surface area contributed by atoms with Gasteiger partial charge in [-0.05, 0) is 0 Å². The van der Waals surface area contributed by atoms with E-state index in [1.54, 1.807) is 0 Å². The molecule has 0 aromatic rings. The van der Waals surface area contributed by atoms with Gasteiger partial charge in [-0.2, -0.15) is 0 Å². The molecule has 0 bridgehead atoms. The van der Waals surface area contributed by atoms with E-state index in [2.05, 4.69) is 9.47 Å². The Kier molecular flexibility index (Phi) is 4.39. The summed E-state index contributed by atoms with van der Waals surface area (Å²) < 4.78 is 9.16. The Balaban J connectivity index is 3.49. The van der Waals surface area contributed by atoms with Crippen molar-refractivity contribution in [1.82, 2.24) is 0 Å². The van der Waals surface area contributed by atoms with E-state index in [0.717, 1.165) is 0 Å². The minimum absolute atomic E-state index is 0.451. The minimum Gasteiger partial charge on any atom is -0.501 e. The zero-order valence-corrected chi connectivity index (χ0v) is 6.42. The number of methoxy groups -OCH3 is 2. The van der Waals surface area contributed by atoms with Gasteiger partial charge in [-0.15, -0.1) is 0 Å². The molecule has 0 spiro atoms. The molecular weight excluding hydrogens is 124 g/mol. The fourth-order valence-electron chi connectivity index (χ4n) is 0.273. The van der Waals surface area contributed by atoms with E-state index in [1.807, 2.05) is 0 Å². The lowest BCUT2D eigenvalue weighted by atomic mass is 11.0. The summed E-state index contributed by atoms with van der Waals surface area (Å²) in [7, 11) is 1.54.